The molecule has 3 aromatic heterocycles. The normalized spacial score (nSPS) is 11.9. The number of primary amides is 1. The first-order chi connectivity index (χ1) is 17.8. The monoisotopic (exact) mass is 527 g/mol. The van der Waals surface area contributed by atoms with E-state index >= 15 is 0 Å². The number of nitrogens with two attached hydrogens (primary N) is 1. The number of rotatable bonds is 10. The van der Waals surface area contributed by atoms with Gasteiger partial charge >= 0.3 is 5.69 Å². The quantitative estimate of drug-likeness (QED) is 0.303. The number of halogens is 1. The first-order valence-corrected chi connectivity index (χ1v) is 11.8. The molecule has 12 nitrogen and oxygen atoms in total. The number of amides is 1. The number of aromatic nitrogens is 5. The van der Waals surface area contributed by atoms with Crippen molar-refractivity contribution in [3.63, 3.8) is 0 Å². The minimum absolute atomic E-state index is 0.00836. The molecule has 3 heterocycles. The van der Waals surface area contributed by atoms with Gasteiger partial charge in [0.1, 0.15) is 34.0 Å². The largest absolute Gasteiger partial charge is 0.496 e. The van der Waals surface area contributed by atoms with Crippen LogP contribution in [-0.4, -0.2) is 43.8 Å². The van der Waals surface area contributed by atoms with E-state index in [0.29, 0.717) is 21.9 Å². The van der Waals surface area contributed by atoms with Crippen LogP contribution in [0.3, 0.4) is 0 Å². The number of aryl methyl sites for hydroxylation is 1. The Balaban J connectivity index is 1.97. The van der Waals surface area contributed by atoms with Gasteiger partial charge in [0.15, 0.2) is 0 Å². The molecule has 0 spiro atoms. The van der Waals surface area contributed by atoms with Gasteiger partial charge in [-0.15, -0.1) is 4.80 Å². The molecule has 37 heavy (non-hydrogen) atoms. The molecule has 192 valence electrons. The third kappa shape index (κ3) is 4.99. The van der Waals surface area contributed by atoms with Crippen LogP contribution in [0.25, 0.3) is 15.2 Å². The lowest BCUT2D eigenvalue weighted by Crippen LogP contribution is -2.43. The summed E-state index contributed by atoms with van der Waals surface area (Å²) in [6.45, 7) is 0.845. The molecule has 2 N–H and O–H groups in total. The lowest BCUT2D eigenvalue weighted by Gasteiger charge is -2.22. The summed E-state index contributed by atoms with van der Waals surface area (Å²) in [5, 5.41) is 17.9. The Morgan fingerprint density at radius 1 is 1.27 bits per heavy atom. The van der Waals surface area contributed by atoms with E-state index in [1.807, 2.05) is 6.07 Å². The summed E-state index contributed by atoms with van der Waals surface area (Å²) in [5.74, 6) is -1.12. The number of benzene rings is 1. The van der Waals surface area contributed by atoms with Crippen LogP contribution in [0.15, 0.2) is 40.2 Å². The molecular formula is C23H22FN7O5S. The van der Waals surface area contributed by atoms with Crippen molar-refractivity contribution in [3.8, 4) is 16.8 Å². The number of carbonyl (C=O) groups excluding carboxylic acids is 1. The van der Waals surface area contributed by atoms with E-state index in [0.717, 1.165) is 15.9 Å². The summed E-state index contributed by atoms with van der Waals surface area (Å²) in [6.07, 6.45) is 2.04. The summed E-state index contributed by atoms with van der Waals surface area (Å²) in [4.78, 5) is 40.2. The Hall–Kier alpha value is -4.35. The van der Waals surface area contributed by atoms with Crippen molar-refractivity contribution in [1.29, 1.82) is 5.26 Å². The average molecular weight is 528 g/mol. The highest BCUT2D eigenvalue weighted by atomic mass is 32.1. The highest BCUT2D eigenvalue weighted by Crippen LogP contribution is 2.33. The van der Waals surface area contributed by atoms with Crippen molar-refractivity contribution in [1.82, 2.24) is 24.1 Å². The summed E-state index contributed by atoms with van der Waals surface area (Å²) in [6, 6.07) is 5.84. The third-order valence-corrected chi connectivity index (χ3v) is 6.88. The zero-order valence-electron chi connectivity index (χ0n) is 19.9. The van der Waals surface area contributed by atoms with Crippen LogP contribution in [0.1, 0.15) is 23.7 Å². The molecule has 1 aromatic carbocycles. The van der Waals surface area contributed by atoms with Gasteiger partial charge in [-0.25, -0.2) is 9.18 Å². The molecular weight excluding hydrogens is 505 g/mol. The van der Waals surface area contributed by atoms with Crippen LogP contribution in [0, 0.1) is 24.1 Å². The lowest BCUT2D eigenvalue weighted by atomic mass is 10.1. The van der Waals surface area contributed by atoms with Gasteiger partial charge in [0, 0.05) is 11.1 Å². The number of ether oxygens (including phenoxy) is 2. The van der Waals surface area contributed by atoms with E-state index in [2.05, 4.69) is 10.2 Å². The number of hydrogen-bond donors (Lipinski definition) is 1. The van der Waals surface area contributed by atoms with Crippen LogP contribution >= 0.6 is 11.3 Å². The van der Waals surface area contributed by atoms with Gasteiger partial charge in [0.05, 0.1) is 50.5 Å². The van der Waals surface area contributed by atoms with E-state index in [1.54, 1.807) is 6.92 Å². The van der Waals surface area contributed by atoms with Crippen molar-refractivity contribution in [3.05, 3.63) is 68.4 Å². The predicted molar refractivity (Wildman–Crippen MR) is 131 cm³/mol. The molecule has 0 unspecified atom stereocenters. The molecule has 0 radical (unpaired) electrons. The number of carbonyl (C=O) groups is 1. The van der Waals surface area contributed by atoms with Crippen molar-refractivity contribution in [2.45, 2.75) is 32.5 Å². The third-order valence-electron chi connectivity index (χ3n) is 5.60. The molecule has 4 rings (SSSR count). The predicted octanol–water partition coefficient (Wildman–Crippen LogP) is 1.42. The van der Waals surface area contributed by atoms with Crippen molar-refractivity contribution in [2.75, 3.05) is 13.7 Å². The molecule has 0 fully saturated rings. The maximum Gasteiger partial charge on any atom is 0.332 e. The number of fused-ring (bicyclic) bond motifs is 1. The van der Waals surface area contributed by atoms with Gasteiger partial charge in [0.25, 0.3) is 5.56 Å². The smallest absolute Gasteiger partial charge is 0.332 e. The van der Waals surface area contributed by atoms with Gasteiger partial charge in [0.2, 0.25) is 5.91 Å². The lowest BCUT2D eigenvalue weighted by molar-refractivity contribution is -0.118. The number of methoxy groups -OCH3 is 1. The summed E-state index contributed by atoms with van der Waals surface area (Å²) in [5.41, 5.74) is 4.63. The van der Waals surface area contributed by atoms with Gasteiger partial charge in [-0.2, -0.15) is 15.5 Å². The zero-order chi connectivity index (χ0) is 26.7. The number of hydrogen-bond acceptors (Lipinski definition) is 9. The second-order valence-corrected chi connectivity index (χ2v) is 8.91. The second kappa shape index (κ2) is 10.7. The Labute approximate surface area is 212 Å². The standard InChI is InChI=1S/C23H22FN7O5S/c1-13-19-20(33)29(12-18(26)32)23(34)30(22(19)37-21(13)31-27-7-8-28-31)11-17(36-9-3-6-25)15-10-14(24)4-5-16(15)35-2/h4-5,7-8,10,17H,3,9,11-12H2,1-2H3,(H2,26,32)/t17-/m0/s1. The van der Waals surface area contributed by atoms with Crippen LogP contribution in [0.5, 0.6) is 5.75 Å². The molecule has 0 aliphatic heterocycles. The molecule has 4 aromatic rings. The zero-order valence-corrected chi connectivity index (χ0v) is 20.7. The summed E-state index contributed by atoms with van der Waals surface area (Å²) < 4.78 is 27.5. The minimum Gasteiger partial charge on any atom is -0.496 e. The Bertz CT molecular complexity index is 1620. The number of thiophene rings is 1. The average Bonchev–Trinajstić information content (AvgIpc) is 3.51. The highest BCUT2D eigenvalue weighted by Gasteiger charge is 2.26. The SMILES string of the molecule is COc1ccc(F)cc1[C@H](Cn1c(=O)n(CC(N)=O)c(=O)c2c(C)c(-n3nccn3)sc21)OCCC#N. The second-order valence-electron chi connectivity index (χ2n) is 7.94. The first kappa shape index (κ1) is 25.7. The molecule has 1 atom stereocenters. The molecule has 0 aliphatic carbocycles. The highest BCUT2D eigenvalue weighted by molar-refractivity contribution is 7.21. The molecule has 0 saturated carbocycles. The number of nitriles is 1. The summed E-state index contributed by atoms with van der Waals surface area (Å²) >= 11 is 1.10. The maximum atomic E-state index is 14.2. The number of nitrogens with zero attached hydrogens (tertiary/aromatic N) is 6. The first-order valence-electron chi connectivity index (χ1n) is 11.0. The summed E-state index contributed by atoms with van der Waals surface area (Å²) in [7, 11) is 1.41. The van der Waals surface area contributed by atoms with E-state index < -0.39 is 35.6 Å². The van der Waals surface area contributed by atoms with E-state index in [-0.39, 0.29) is 29.8 Å². The molecule has 0 bridgehead atoms. The minimum atomic E-state index is -0.951. The Morgan fingerprint density at radius 2 is 2.00 bits per heavy atom. The van der Waals surface area contributed by atoms with E-state index in [4.69, 9.17) is 20.5 Å². The van der Waals surface area contributed by atoms with Gasteiger partial charge in [-0.05, 0) is 25.1 Å². The molecule has 0 aliphatic rings. The van der Waals surface area contributed by atoms with Crippen molar-refractivity contribution in [2.24, 2.45) is 5.73 Å². The van der Waals surface area contributed by atoms with Gasteiger partial charge < -0.3 is 15.2 Å². The Morgan fingerprint density at radius 3 is 2.65 bits per heavy atom. The van der Waals surface area contributed by atoms with Crippen LogP contribution in [0.4, 0.5) is 4.39 Å². The topological polar surface area (TPSA) is 160 Å². The van der Waals surface area contributed by atoms with E-state index in [9.17, 15) is 18.8 Å². The van der Waals surface area contributed by atoms with E-state index in [1.165, 1.54) is 47.1 Å². The van der Waals surface area contributed by atoms with Crippen LogP contribution in [0.2, 0.25) is 0 Å². The molecule has 0 saturated heterocycles. The molecule has 1 amide bonds. The fourth-order valence-electron chi connectivity index (χ4n) is 3.96. The van der Waals surface area contributed by atoms with Crippen molar-refractivity contribution >= 4 is 27.5 Å². The van der Waals surface area contributed by atoms with Crippen LogP contribution in [-0.2, 0) is 22.6 Å². The molecule has 14 heteroatoms. The maximum absolute atomic E-state index is 14.2. The van der Waals surface area contributed by atoms with Crippen LogP contribution < -0.4 is 21.7 Å². The fraction of sp³-hybridized carbons (Fsp3) is 0.304. The fourth-order valence-corrected chi connectivity index (χ4v) is 5.18. The van der Waals surface area contributed by atoms with Crippen molar-refractivity contribution < 1.29 is 18.7 Å². The van der Waals surface area contributed by atoms with Gasteiger partial charge in [-0.1, -0.05) is 11.3 Å². The van der Waals surface area contributed by atoms with Gasteiger partial charge in [-0.3, -0.25) is 18.7 Å². The Kier molecular flexibility index (Phi) is 7.46.